The fourth-order valence-corrected chi connectivity index (χ4v) is 9.64. The van der Waals surface area contributed by atoms with E-state index in [0.717, 1.165) is 77.3 Å². The zero-order chi connectivity index (χ0) is 33.5. The van der Waals surface area contributed by atoms with Gasteiger partial charge in [-0.15, -0.1) is 16.7 Å². The van der Waals surface area contributed by atoms with E-state index in [1.807, 2.05) is 18.7 Å². The number of carbonyl (C=O) groups excluding carboxylic acids is 2. The van der Waals surface area contributed by atoms with Crippen LogP contribution < -0.4 is 10.1 Å². The van der Waals surface area contributed by atoms with Gasteiger partial charge in [-0.05, 0) is 70.6 Å². The molecule has 0 aromatic rings. The van der Waals surface area contributed by atoms with Crippen LogP contribution in [0.4, 0.5) is 0 Å². The first-order chi connectivity index (χ1) is 22.1. The molecule has 3 saturated carbocycles. The van der Waals surface area contributed by atoms with E-state index in [9.17, 15) is 23.1 Å². The quantitative estimate of drug-likeness (QED) is 0.142. The van der Waals surface area contributed by atoms with Gasteiger partial charge in [0.25, 0.3) is 0 Å². The molecule has 46 heavy (non-hydrogen) atoms. The number of nitrogens with zero attached hydrogens (tertiary/aromatic N) is 2. The third kappa shape index (κ3) is 12.1. The fraction of sp³-hybridized carbons (Fsp3) is 0.889. The Hall–Kier alpha value is -1.67. The Morgan fingerprint density at radius 2 is 1.43 bits per heavy atom. The van der Waals surface area contributed by atoms with Gasteiger partial charge >= 0.3 is 0 Å². The lowest BCUT2D eigenvalue weighted by molar-refractivity contribution is -0.139. The zero-order valence-corrected chi connectivity index (χ0v) is 30.1. The van der Waals surface area contributed by atoms with E-state index < -0.39 is 27.4 Å². The summed E-state index contributed by atoms with van der Waals surface area (Å²) in [7, 11) is -3.56. The molecule has 5 unspecified atom stereocenters. The van der Waals surface area contributed by atoms with Gasteiger partial charge < -0.3 is 15.3 Å². The standard InChI is InChI=1S/C36H64N4O5S/c1-5-15-29-23-30(26-31(24-29)36(43)39(20-6-2)21-7-3)35(42)37-33(25-28-16-11-9-12-17-28)34(41)27-40(22-8-4)38-46(44,45)32-18-13-10-14-19-32/h28-34,38,41H,6-14,16-27H2,1-4H3,(H,37,42). The van der Waals surface area contributed by atoms with Crippen molar-refractivity contribution in [2.75, 3.05) is 26.2 Å². The predicted octanol–water partition coefficient (Wildman–Crippen LogP) is 5.39. The minimum absolute atomic E-state index is 0.0236. The van der Waals surface area contributed by atoms with E-state index in [1.165, 1.54) is 6.42 Å². The maximum atomic E-state index is 14.0. The lowest BCUT2D eigenvalue weighted by Crippen LogP contribution is -2.55. The highest BCUT2D eigenvalue weighted by Gasteiger charge is 2.39. The highest BCUT2D eigenvalue weighted by molar-refractivity contribution is 7.90. The van der Waals surface area contributed by atoms with Crippen molar-refractivity contribution in [2.45, 2.75) is 154 Å². The second kappa shape index (κ2) is 20.0. The summed E-state index contributed by atoms with van der Waals surface area (Å²) in [5, 5.41) is 16.2. The molecule has 10 heteroatoms. The summed E-state index contributed by atoms with van der Waals surface area (Å²) in [5.41, 5.74) is 0. The second-order valence-corrected chi connectivity index (χ2v) is 16.2. The molecule has 9 nitrogen and oxygen atoms in total. The number of sulfonamides is 1. The van der Waals surface area contributed by atoms with E-state index in [-0.39, 0.29) is 36.1 Å². The smallest absolute Gasteiger partial charge is 0.227 e. The van der Waals surface area contributed by atoms with Gasteiger partial charge in [0.1, 0.15) is 0 Å². The van der Waals surface area contributed by atoms with E-state index in [0.29, 0.717) is 51.0 Å². The van der Waals surface area contributed by atoms with Gasteiger partial charge in [-0.25, -0.2) is 13.4 Å². The topological polar surface area (TPSA) is 119 Å². The van der Waals surface area contributed by atoms with Crippen molar-refractivity contribution in [3.8, 4) is 11.8 Å². The monoisotopic (exact) mass is 664 g/mol. The number of hydrogen-bond acceptors (Lipinski definition) is 6. The van der Waals surface area contributed by atoms with Crippen LogP contribution in [-0.4, -0.2) is 78.8 Å². The van der Waals surface area contributed by atoms with Gasteiger partial charge in [-0.3, -0.25) is 9.59 Å². The molecule has 0 aromatic carbocycles. The van der Waals surface area contributed by atoms with Gasteiger partial charge in [0, 0.05) is 43.9 Å². The van der Waals surface area contributed by atoms with Crippen LogP contribution in [0.1, 0.15) is 137 Å². The van der Waals surface area contributed by atoms with Crippen LogP contribution >= 0.6 is 0 Å². The number of carbonyl (C=O) groups is 2. The van der Waals surface area contributed by atoms with E-state index in [1.54, 1.807) is 5.01 Å². The molecule has 3 aliphatic rings. The number of rotatable bonds is 17. The van der Waals surface area contributed by atoms with Gasteiger partial charge in [-0.1, -0.05) is 72.1 Å². The molecule has 0 saturated heterocycles. The van der Waals surface area contributed by atoms with Crippen LogP contribution in [0.5, 0.6) is 0 Å². The predicted molar refractivity (Wildman–Crippen MR) is 185 cm³/mol. The number of nitrogens with one attached hydrogen (secondary N) is 2. The van der Waals surface area contributed by atoms with Gasteiger partial charge in [0.05, 0.1) is 17.4 Å². The van der Waals surface area contributed by atoms with Crippen LogP contribution in [0.15, 0.2) is 0 Å². The number of amides is 2. The summed E-state index contributed by atoms with van der Waals surface area (Å²) in [5.74, 6) is 6.06. The van der Waals surface area contributed by atoms with Crippen molar-refractivity contribution >= 4 is 21.8 Å². The molecule has 0 aromatic heterocycles. The maximum absolute atomic E-state index is 14.0. The van der Waals surface area contributed by atoms with E-state index in [4.69, 9.17) is 0 Å². The van der Waals surface area contributed by atoms with Crippen molar-refractivity contribution < 1.29 is 23.1 Å². The zero-order valence-electron chi connectivity index (χ0n) is 29.3. The Morgan fingerprint density at radius 1 is 0.848 bits per heavy atom. The number of aliphatic hydroxyl groups excluding tert-OH is 1. The van der Waals surface area contributed by atoms with Crippen LogP contribution in [0, 0.1) is 35.5 Å². The minimum atomic E-state index is -3.56. The summed E-state index contributed by atoms with van der Waals surface area (Å²) in [6, 6.07) is -0.502. The van der Waals surface area contributed by atoms with Crippen molar-refractivity contribution in [2.24, 2.45) is 23.7 Å². The minimum Gasteiger partial charge on any atom is -0.390 e. The Bertz CT molecular complexity index is 1090. The molecule has 0 bridgehead atoms. The summed E-state index contributed by atoms with van der Waals surface area (Å²) >= 11 is 0. The second-order valence-electron chi connectivity index (χ2n) is 14.3. The Kier molecular flexibility index (Phi) is 16.8. The first kappa shape index (κ1) is 38.8. The van der Waals surface area contributed by atoms with Gasteiger partial charge in [0.2, 0.25) is 21.8 Å². The summed E-state index contributed by atoms with van der Waals surface area (Å²) in [4.78, 5) is 32.4. The number of hydrogen-bond donors (Lipinski definition) is 3. The molecule has 5 atom stereocenters. The Morgan fingerprint density at radius 3 is 2.02 bits per heavy atom. The first-order valence-electron chi connectivity index (χ1n) is 18.6. The summed E-state index contributed by atoms with van der Waals surface area (Å²) in [6.45, 7) is 9.99. The summed E-state index contributed by atoms with van der Waals surface area (Å²) in [6.07, 6.45) is 13.9. The summed E-state index contributed by atoms with van der Waals surface area (Å²) < 4.78 is 26.6. The van der Waals surface area contributed by atoms with Crippen molar-refractivity contribution in [1.82, 2.24) is 20.1 Å². The largest absolute Gasteiger partial charge is 0.390 e. The lowest BCUT2D eigenvalue weighted by Gasteiger charge is -2.37. The third-order valence-corrected chi connectivity index (χ3v) is 12.2. The number of aliphatic hydroxyl groups is 1. The molecule has 0 heterocycles. The number of hydrazine groups is 1. The van der Waals surface area contributed by atoms with Crippen molar-refractivity contribution in [3.05, 3.63) is 0 Å². The molecular formula is C36H64N4O5S. The SMILES string of the molecule is CC#CC1CC(C(=O)NC(CC2CCCCC2)C(O)CN(CCC)NS(=O)(=O)C2CCCCC2)CC(C(=O)N(CCC)CCC)C1. The molecule has 3 rings (SSSR count). The Balaban J connectivity index is 1.76. The normalized spacial score (nSPS) is 24.5. The molecule has 2 amide bonds. The van der Waals surface area contributed by atoms with Crippen molar-refractivity contribution in [3.63, 3.8) is 0 Å². The van der Waals surface area contributed by atoms with E-state index in [2.05, 4.69) is 35.8 Å². The Labute approximate surface area is 280 Å². The average molecular weight is 665 g/mol. The van der Waals surface area contributed by atoms with Crippen LogP contribution in [0.2, 0.25) is 0 Å². The molecule has 3 aliphatic carbocycles. The lowest BCUT2D eigenvalue weighted by atomic mass is 9.74. The molecular weight excluding hydrogens is 600 g/mol. The fourth-order valence-electron chi connectivity index (χ4n) is 8.01. The van der Waals surface area contributed by atoms with Gasteiger partial charge in [0.15, 0.2) is 0 Å². The molecule has 3 N–H and O–H groups in total. The van der Waals surface area contributed by atoms with Gasteiger partial charge in [-0.2, -0.15) is 0 Å². The highest BCUT2D eigenvalue weighted by atomic mass is 32.2. The third-order valence-electron chi connectivity index (χ3n) is 10.3. The average Bonchev–Trinajstić information content (AvgIpc) is 3.04. The van der Waals surface area contributed by atoms with Crippen LogP contribution in [0.3, 0.4) is 0 Å². The van der Waals surface area contributed by atoms with Crippen molar-refractivity contribution in [1.29, 1.82) is 0 Å². The van der Waals surface area contributed by atoms with Crippen LogP contribution in [-0.2, 0) is 19.6 Å². The maximum Gasteiger partial charge on any atom is 0.227 e. The first-order valence-corrected chi connectivity index (χ1v) is 20.1. The van der Waals surface area contributed by atoms with Crippen LogP contribution in [0.25, 0.3) is 0 Å². The molecule has 0 radical (unpaired) electrons. The van der Waals surface area contributed by atoms with E-state index >= 15 is 0 Å². The molecule has 0 aliphatic heterocycles. The highest BCUT2D eigenvalue weighted by Crippen LogP contribution is 2.35. The molecule has 3 fully saturated rings. The molecule has 0 spiro atoms. The molecule has 264 valence electrons.